The Hall–Kier alpha value is -1.91. The van der Waals surface area contributed by atoms with E-state index in [4.69, 9.17) is 38.8 Å². The van der Waals surface area contributed by atoms with Gasteiger partial charge in [0.1, 0.15) is 12.2 Å². The number of carboxylic acids is 1. The molecule has 0 aliphatic rings. The number of carbonyl (C=O) groups is 1. The van der Waals surface area contributed by atoms with E-state index < -0.39 is 5.97 Å². The van der Waals surface area contributed by atoms with E-state index in [2.05, 4.69) is 0 Å². The van der Waals surface area contributed by atoms with E-state index in [1.807, 2.05) is 6.07 Å². The summed E-state index contributed by atoms with van der Waals surface area (Å²) >= 11 is 11.8. The molecule has 2 aromatic rings. The number of ether oxygens (including phenoxy) is 1. The molecule has 0 saturated heterocycles. The highest BCUT2D eigenvalue weighted by Crippen LogP contribution is 2.32. The van der Waals surface area contributed by atoms with Gasteiger partial charge < -0.3 is 15.6 Å². The van der Waals surface area contributed by atoms with Crippen LogP contribution in [0.25, 0.3) is 0 Å². The number of carboxylic acid groups (broad SMARTS) is 1. The third kappa shape index (κ3) is 3.35. The summed E-state index contributed by atoms with van der Waals surface area (Å²) in [7, 11) is 0. The molecule has 0 atom stereocenters. The zero-order valence-electron chi connectivity index (χ0n) is 10.3. The zero-order chi connectivity index (χ0) is 14.7. The largest absolute Gasteiger partial charge is 0.486 e. The molecule has 0 unspecified atom stereocenters. The van der Waals surface area contributed by atoms with E-state index in [0.717, 1.165) is 5.56 Å². The molecule has 0 aliphatic heterocycles. The number of aromatic carboxylic acids is 1. The third-order valence-corrected chi connectivity index (χ3v) is 3.08. The average molecular weight is 312 g/mol. The molecular formula is C14H11Cl2NO3. The summed E-state index contributed by atoms with van der Waals surface area (Å²) in [6.45, 7) is 0.157. The maximum atomic E-state index is 11.2. The van der Waals surface area contributed by atoms with Crippen LogP contribution >= 0.6 is 23.2 Å². The van der Waals surface area contributed by atoms with Crippen LogP contribution in [0.1, 0.15) is 15.9 Å². The molecule has 0 fully saturated rings. The molecule has 2 rings (SSSR count). The Balaban J connectivity index is 2.27. The van der Waals surface area contributed by atoms with Crippen LogP contribution < -0.4 is 10.5 Å². The van der Waals surface area contributed by atoms with E-state index in [0.29, 0.717) is 5.02 Å². The van der Waals surface area contributed by atoms with E-state index in [-0.39, 0.29) is 28.6 Å². The Morgan fingerprint density at radius 3 is 2.65 bits per heavy atom. The molecule has 0 radical (unpaired) electrons. The molecule has 0 bridgehead atoms. The lowest BCUT2D eigenvalue weighted by Crippen LogP contribution is -2.05. The molecule has 20 heavy (non-hydrogen) atoms. The summed E-state index contributed by atoms with van der Waals surface area (Å²) in [5.41, 5.74) is 6.57. The Bertz CT molecular complexity index is 659. The minimum atomic E-state index is -1.15. The van der Waals surface area contributed by atoms with Gasteiger partial charge in [-0.1, -0.05) is 35.3 Å². The van der Waals surface area contributed by atoms with Crippen LogP contribution in [-0.4, -0.2) is 11.1 Å². The Kier molecular flexibility index (Phi) is 4.37. The van der Waals surface area contributed by atoms with Crippen molar-refractivity contribution in [1.29, 1.82) is 0 Å². The van der Waals surface area contributed by atoms with E-state index in [9.17, 15) is 4.79 Å². The molecule has 0 saturated carbocycles. The predicted octanol–water partition coefficient (Wildman–Crippen LogP) is 3.85. The number of hydrogen-bond donors (Lipinski definition) is 2. The lowest BCUT2D eigenvalue weighted by atomic mass is 10.1. The summed E-state index contributed by atoms with van der Waals surface area (Å²) in [6.07, 6.45) is 0. The van der Waals surface area contributed by atoms with Crippen LogP contribution in [0.5, 0.6) is 5.75 Å². The Morgan fingerprint density at radius 2 is 2.00 bits per heavy atom. The number of benzene rings is 2. The van der Waals surface area contributed by atoms with Gasteiger partial charge in [-0.2, -0.15) is 0 Å². The van der Waals surface area contributed by atoms with Crippen LogP contribution in [0.3, 0.4) is 0 Å². The van der Waals surface area contributed by atoms with Crippen molar-refractivity contribution < 1.29 is 14.6 Å². The highest BCUT2D eigenvalue weighted by molar-refractivity contribution is 6.33. The fraction of sp³-hybridized carbons (Fsp3) is 0.0714. The van der Waals surface area contributed by atoms with Gasteiger partial charge in [-0.3, -0.25) is 0 Å². The molecule has 0 heterocycles. The van der Waals surface area contributed by atoms with E-state index in [1.165, 1.54) is 12.1 Å². The second-order valence-corrected chi connectivity index (χ2v) is 4.95. The normalized spacial score (nSPS) is 10.3. The molecule has 6 heteroatoms. The van der Waals surface area contributed by atoms with Crippen LogP contribution in [0.2, 0.25) is 10.0 Å². The molecule has 3 N–H and O–H groups in total. The summed E-state index contributed by atoms with van der Waals surface area (Å²) < 4.78 is 5.50. The van der Waals surface area contributed by atoms with Crippen LogP contribution in [0, 0.1) is 0 Å². The Morgan fingerprint density at radius 1 is 1.25 bits per heavy atom. The summed E-state index contributed by atoms with van der Waals surface area (Å²) in [6, 6.07) is 9.82. The number of hydrogen-bond acceptors (Lipinski definition) is 3. The van der Waals surface area contributed by atoms with Crippen LogP contribution in [0.15, 0.2) is 36.4 Å². The van der Waals surface area contributed by atoms with Crippen molar-refractivity contribution in [3.8, 4) is 5.75 Å². The minimum Gasteiger partial charge on any atom is -0.486 e. The number of anilines is 1. The monoisotopic (exact) mass is 311 g/mol. The van der Waals surface area contributed by atoms with Crippen molar-refractivity contribution in [3.63, 3.8) is 0 Å². The van der Waals surface area contributed by atoms with Crippen molar-refractivity contribution in [2.24, 2.45) is 0 Å². The molecular weight excluding hydrogens is 301 g/mol. The topological polar surface area (TPSA) is 72.5 Å². The lowest BCUT2D eigenvalue weighted by molar-refractivity contribution is 0.0692. The maximum absolute atomic E-state index is 11.2. The van der Waals surface area contributed by atoms with Gasteiger partial charge in [0, 0.05) is 10.7 Å². The number of halogens is 2. The van der Waals surface area contributed by atoms with Gasteiger partial charge in [0.2, 0.25) is 0 Å². The SMILES string of the molecule is Nc1cc(Cl)c(OCc2cccc(Cl)c2)c(C(=O)O)c1. The molecule has 104 valence electrons. The van der Waals surface area contributed by atoms with Crippen molar-refractivity contribution in [3.05, 3.63) is 57.6 Å². The summed E-state index contributed by atoms with van der Waals surface area (Å²) in [5, 5.41) is 9.87. The average Bonchev–Trinajstić information content (AvgIpc) is 2.36. The van der Waals surface area contributed by atoms with E-state index in [1.54, 1.807) is 18.2 Å². The number of nitrogen functional groups attached to an aromatic ring is 1. The summed E-state index contributed by atoms with van der Waals surface area (Å²) in [5.74, 6) is -1.06. The molecule has 0 spiro atoms. The van der Waals surface area contributed by atoms with Crippen molar-refractivity contribution in [2.45, 2.75) is 6.61 Å². The standard InChI is InChI=1S/C14H11Cl2NO3/c15-9-3-1-2-8(4-9)7-20-13-11(14(18)19)5-10(17)6-12(13)16/h1-6H,7,17H2,(H,18,19). The van der Waals surface area contributed by atoms with Gasteiger partial charge in [-0.25, -0.2) is 4.79 Å². The molecule has 0 aliphatic carbocycles. The van der Waals surface area contributed by atoms with Crippen molar-refractivity contribution in [1.82, 2.24) is 0 Å². The zero-order valence-corrected chi connectivity index (χ0v) is 11.8. The first kappa shape index (κ1) is 14.5. The van der Waals surface area contributed by atoms with Gasteiger partial charge >= 0.3 is 5.97 Å². The second-order valence-electron chi connectivity index (χ2n) is 4.10. The third-order valence-electron chi connectivity index (χ3n) is 2.57. The first-order valence-corrected chi connectivity index (χ1v) is 6.42. The first-order valence-electron chi connectivity index (χ1n) is 5.67. The number of nitrogens with two attached hydrogens (primary N) is 1. The maximum Gasteiger partial charge on any atom is 0.339 e. The van der Waals surface area contributed by atoms with E-state index >= 15 is 0 Å². The fourth-order valence-electron chi connectivity index (χ4n) is 1.70. The van der Waals surface area contributed by atoms with Gasteiger partial charge in [0.05, 0.1) is 5.02 Å². The summed E-state index contributed by atoms with van der Waals surface area (Å²) in [4.78, 5) is 11.2. The van der Waals surface area contributed by atoms with Gasteiger partial charge in [0.25, 0.3) is 0 Å². The molecule has 0 amide bonds. The first-order chi connectivity index (χ1) is 9.47. The van der Waals surface area contributed by atoms with Gasteiger partial charge in [-0.05, 0) is 29.8 Å². The predicted molar refractivity (Wildman–Crippen MR) is 78.6 cm³/mol. The molecule has 4 nitrogen and oxygen atoms in total. The molecule has 0 aromatic heterocycles. The fourth-order valence-corrected chi connectivity index (χ4v) is 2.20. The lowest BCUT2D eigenvalue weighted by Gasteiger charge is -2.12. The quantitative estimate of drug-likeness (QED) is 0.841. The van der Waals surface area contributed by atoms with Crippen LogP contribution in [-0.2, 0) is 6.61 Å². The van der Waals surface area contributed by atoms with Crippen molar-refractivity contribution in [2.75, 3.05) is 5.73 Å². The Labute approximate surface area is 125 Å². The number of rotatable bonds is 4. The second kappa shape index (κ2) is 6.03. The van der Waals surface area contributed by atoms with Crippen molar-refractivity contribution >= 4 is 34.9 Å². The van der Waals surface area contributed by atoms with Gasteiger partial charge in [-0.15, -0.1) is 0 Å². The highest BCUT2D eigenvalue weighted by Gasteiger charge is 2.16. The smallest absolute Gasteiger partial charge is 0.339 e. The molecule has 2 aromatic carbocycles. The minimum absolute atomic E-state index is 0.0722. The van der Waals surface area contributed by atoms with Crippen LogP contribution in [0.4, 0.5) is 5.69 Å². The van der Waals surface area contributed by atoms with Gasteiger partial charge in [0.15, 0.2) is 5.75 Å². The highest BCUT2D eigenvalue weighted by atomic mass is 35.5.